The van der Waals surface area contributed by atoms with Gasteiger partial charge in [0.25, 0.3) is 5.78 Å². The van der Waals surface area contributed by atoms with Gasteiger partial charge in [-0.25, -0.2) is 13.9 Å². The van der Waals surface area contributed by atoms with Gasteiger partial charge >= 0.3 is 5.69 Å². The number of nitrogens with one attached hydrogen (secondary N) is 1. The van der Waals surface area contributed by atoms with Crippen LogP contribution in [0.25, 0.3) is 5.78 Å². The van der Waals surface area contributed by atoms with Gasteiger partial charge in [-0.3, -0.25) is 4.79 Å². The molecule has 29 heavy (non-hydrogen) atoms. The van der Waals surface area contributed by atoms with Crippen LogP contribution in [-0.4, -0.2) is 32.1 Å². The van der Waals surface area contributed by atoms with Crippen molar-refractivity contribution < 1.29 is 4.79 Å². The number of likely N-dealkylation sites (N-methyl/N-ethyl adjacent to an activating group) is 1. The van der Waals surface area contributed by atoms with Gasteiger partial charge in [0.05, 0.1) is 0 Å². The zero-order valence-corrected chi connectivity index (χ0v) is 16.2. The molecule has 0 unspecified atom stereocenters. The highest BCUT2D eigenvalue weighted by Crippen LogP contribution is 2.18. The van der Waals surface area contributed by atoms with Crippen molar-refractivity contribution in [2.75, 3.05) is 17.3 Å². The monoisotopic (exact) mass is 408 g/mol. The fraction of sp³-hybridized carbons (Fsp3) is 0.100. The molecule has 0 fully saturated rings. The number of nitrogens with zero attached hydrogens (tertiary/aromatic N) is 5. The number of anilines is 3. The van der Waals surface area contributed by atoms with Gasteiger partial charge in [-0.05, 0) is 36.4 Å². The highest BCUT2D eigenvalue weighted by atomic mass is 35.5. The average molecular weight is 409 g/mol. The van der Waals surface area contributed by atoms with Crippen LogP contribution in [0.2, 0.25) is 5.02 Å². The first-order valence-corrected chi connectivity index (χ1v) is 9.19. The van der Waals surface area contributed by atoms with Gasteiger partial charge in [0.2, 0.25) is 5.91 Å². The largest absolute Gasteiger partial charge is 0.352 e. The number of fused-ring (bicyclic) bond motifs is 1. The third kappa shape index (κ3) is 3.97. The van der Waals surface area contributed by atoms with Crippen molar-refractivity contribution in [2.24, 2.45) is 0 Å². The van der Waals surface area contributed by atoms with Crippen LogP contribution in [0.4, 0.5) is 17.2 Å². The first kappa shape index (κ1) is 18.7. The van der Waals surface area contributed by atoms with Crippen LogP contribution in [0.5, 0.6) is 0 Å². The van der Waals surface area contributed by atoms with Gasteiger partial charge in [-0.2, -0.15) is 4.98 Å². The SMILES string of the molecule is CN(C(=O)Cn1nc2nc(Nc3ccccc3)ccn2c1=O)c1cccc(Cl)c1. The first-order chi connectivity index (χ1) is 14.0. The number of hydrogen-bond donors (Lipinski definition) is 1. The van der Waals surface area contributed by atoms with Crippen molar-refractivity contribution in [3.63, 3.8) is 0 Å². The maximum absolute atomic E-state index is 12.6. The predicted octanol–water partition coefficient (Wildman–Crippen LogP) is 2.95. The maximum Gasteiger partial charge on any atom is 0.352 e. The standard InChI is InChI=1S/C20H17ClN6O2/c1-25(16-9-5-6-14(21)12-16)18(28)13-27-20(29)26-11-10-17(23-19(26)24-27)22-15-7-3-2-4-8-15/h2-12H,13H2,1H3,(H,22,23,24). The molecule has 2 heterocycles. The summed E-state index contributed by atoms with van der Waals surface area (Å²) in [4.78, 5) is 30.9. The molecule has 0 saturated heterocycles. The lowest BCUT2D eigenvalue weighted by atomic mass is 10.3. The van der Waals surface area contributed by atoms with E-state index in [1.54, 1.807) is 43.6 Å². The Bertz CT molecular complexity index is 1230. The van der Waals surface area contributed by atoms with E-state index in [0.717, 1.165) is 10.4 Å². The van der Waals surface area contributed by atoms with Crippen LogP contribution < -0.4 is 15.9 Å². The molecule has 0 atom stereocenters. The summed E-state index contributed by atoms with van der Waals surface area (Å²) < 4.78 is 2.39. The van der Waals surface area contributed by atoms with Gasteiger partial charge < -0.3 is 10.2 Å². The Morgan fingerprint density at radius 3 is 2.69 bits per heavy atom. The Morgan fingerprint density at radius 1 is 1.14 bits per heavy atom. The number of para-hydroxylation sites is 1. The number of rotatable bonds is 5. The normalized spacial score (nSPS) is 10.8. The molecule has 9 heteroatoms. The Balaban J connectivity index is 1.57. The third-order valence-corrected chi connectivity index (χ3v) is 4.59. The molecule has 2 aromatic carbocycles. The van der Waals surface area contributed by atoms with E-state index in [2.05, 4.69) is 15.4 Å². The number of carbonyl (C=O) groups excluding carboxylic acids is 1. The van der Waals surface area contributed by atoms with E-state index in [1.807, 2.05) is 30.3 Å². The summed E-state index contributed by atoms with van der Waals surface area (Å²) in [5.74, 6) is 0.442. The van der Waals surface area contributed by atoms with Crippen molar-refractivity contribution in [3.8, 4) is 0 Å². The van der Waals surface area contributed by atoms with Crippen LogP contribution in [0.3, 0.4) is 0 Å². The minimum absolute atomic E-state index is 0.203. The molecule has 0 aliphatic heterocycles. The zero-order chi connectivity index (χ0) is 20.4. The topological polar surface area (TPSA) is 84.5 Å². The van der Waals surface area contributed by atoms with Crippen LogP contribution in [-0.2, 0) is 11.3 Å². The molecule has 4 rings (SSSR count). The molecule has 8 nitrogen and oxygen atoms in total. The van der Waals surface area contributed by atoms with Crippen LogP contribution in [0.1, 0.15) is 0 Å². The molecule has 4 aromatic rings. The summed E-state index contributed by atoms with van der Waals surface area (Å²) in [5, 5.41) is 7.86. The Labute approximate surface area is 171 Å². The molecule has 0 radical (unpaired) electrons. The summed E-state index contributed by atoms with van der Waals surface area (Å²) >= 11 is 5.98. The summed E-state index contributed by atoms with van der Waals surface area (Å²) in [6.07, 6.45) is 1.57. The van der Waals surface area contributed by atoms with E-state index in [4.69, 9.17) is 11.6 Å². The minimum atomic E-state index is -0.438. The number of carbonyl (C=O) groups is 1. The third-order valence-electron chi connectivity index (χ3n) is 4.36. The molecule has 1 amide bonds. The van der Waals surface area contributed by atoms with Gasteiger partial charge in [-0.1, -0.05) is 35.9 Å². The van der Waals surface area contributed by atoms with E-state index in [1.165, 1.54) is 9.30 Å². The average Bonchev–Trinajstić information content (AvgIpc) is 3.03. The molecular weight excluding hydrogens is 392 g/mol. The van der Waals surface area contributed by atoms with Gasteiger partial charge in [0, 0.05) is 29.6 Å². The Hall–Kier alpha value is -3.65. The molecule has 0 spiro atoms. The fourth-order valence-electron chi connectivity index (χ4n) is 2.81. The van der Waals surface area contributed by atoms with Crippen LogP contribution >= 0.6 is 11.6 Å². The van der Waals surface area contributed by atoms with Crippen LogP contribution in [0.15, 0.2) is 71.7 Å². The fourth-order valence-corrected chi connectivity index (χ4v) is 3.00. The van der Waals surface area contributed by atoms with Gasteiger partial charge in [0.15, 0.2) is 0 Å². The molecular formula is C20H17ClN6O2. The summed E-state index contributed by atoms with van der Waals surface area (Å²) in [6, 6.07) is 18.1. The minimum Gasteiger partial charge on any atom is -0.340 e. The number of aromatic nitrogens is 4. The first-order valence-electron chi connectivity index (χ1n) is 8.82. The van der Waals surface area contributed by atoms with Crippen molar-refractivity contribution >= 4 is 40.5 Å². The lowest BCUT2D eigenvalue weighted by molar-refractivity contribution is -0.119. The second kappa shape index (κ2) is 7.76. The molecule has 2 aromatic heterocycles. The smallest absolute Gasteiger partial charge is 0.340 e. The van der Waals surface area contributed by atoms with Crippen molar-refractivity contribution in [1.82, 2.24) is 19.2 Å². The molecule has 0 saturated carbocycles. The summed E-state index contributed by atoms with van der Waals surface area (Å²) in [7, 11) is 1.62. The van der Waals surface area contributed by atoms with Gasteiger partial charge in [-0.15, -0.1) is 5.10 Å². The number of halogens is 1. The quantitative estimate of drug-likeness (QED) is 0.548. The highest BCUT2D eigenvalue weighted by Gasteiger charge is 2.16. The molecule has 0 aliphatic carbocycles. The lowest BCUT2D eigenvalue weighted by Crippen LogP contribution is -2.34. The molecule has 146 valence electrons. The second-order valence-corrected chi connectivity index (χ2v) is 6.78. The van der Waals surface area contributed by atoms with Crippen molar-refractivity contribution in [3.05, 3.63) is 82.4 Å². The number of benzene rings is 2. The molecule has 1 N–H and O–H groups in total. The van der Waals surface area contributed by atoms with E-state index in [-0.39, 0.29) is 18.2 Å². The van der Waals surface area contributed by atoms with E-state index >= 15 is 0 Å². The predicted molar refractivity (Wildman–Crippen MR) is 112 cm³/mol. The molecule has 0 aliphatic rings. The van der Waals surface area contributed by atoms with Crippen molar-refractivity contribution in [2.45, 2.75) is 6.54 Å². The summed E-state index contributed by atoms with van der Waals surface area (Å²) in [6.45, 7) is -0.216. The molecule has 0 bridgehead atoms. The number of hydrogen-bond acceptors (Lipinski definition) is 5. The lowest BCUT2D eigenvalue weighted by Gasteiger charge is -2.17. The van der Waals surface area contributed by atoms with Crippen LogP contribution in [0, 0.1) is 0 Å². The Morgan fingerprint density at radius 2 is 1.93 bits per heavy atom. The maximum atomic E-state index is 12.6. The Kier molecular flexibility index (Phi) is 5.01. The van der Waals surface area contributed by atoms with Crippen molar-refractivity contribution in [1.29, 1.82) is 0 Å². The number of amides is 1. The van der Waals surface area contributed by atoms with Gasteiger partial charge in [0.1, 0.15) is 12.4 Å². The van der Waals surface area contributed by atoms with E-state index in [0.29, 0.717) is 16.5 Å². The second-order valence-electron chi connectivity index (χ2n) is 6.35. The van der Waals surface area contributed by atoms with E-state index in [9.17, 15) is 9.59 Å². The highest BCUT2D eigenvalue weighted by molar-refractivity contribution is 6.30. The van der Waals surface area contributed by atoms with E-state index < -0.39 is 5.69 Å². The summed E-state index contributed by atoms with van der Waals surface area (Å²) in [5.41, 5.74) is 1.06. The zero-order valence-electron chi connectivity index (χ0n) is 15.5.